The highest BCUT2D eigenvalue weighted by Gasteiger charge is 2.28. The van der Waals surface area contributed by atoms with Crippen molar-refractivity contribution in [2.75, 3.05) is 13.1 Å². The van der Waals surface area contributed by atoms with E-state index in [-0.39, 0.29) is 24.2 Å². The van der Waals surface area contributed by atoms with Crippen LogP contribution >= 0.6 is 23.7 Å². The van der Waals surface area contributed by atoms with Crippen LogP contribution in [0, 0.1) is 11.8 Å². The number of carbonyl (C=O) groups is 1. The van der Waals surface area contributed by atoms with Gasteiger partial charge in [0.1, 0.15) is 10.0 Å². The molecule has 1 amide bonds. The number of rotatable bonds is 5. The second-order valence-electron chi connectivity index (χ2n) is 5.29. The van der Waals surface area contributed by atoms with Gasteiger partial charge < -0.3 is 10.6 Å². The molecule has 22 heavy (non-hydrogen) atoms. The van der Waals surface area contributed by atoms with Crippen LogP contribution in [0.3, 0.4) is 0 Å². The van der Waals surface area contributed by atoms with Crippen LogP contribution in [0.15, 0.2) is 30.3 Å². The van der Waals surface area contributed by atoms with Crippen molar-refractivity contribution in [2.45, 2.75) is 13.5 Å². The summed E-state index contributed by atoms with van der Waals surface area (Å²) in [5, 5.41) is 16.2. The average molecular weight is 339 g/mol. The summed E-state index contributed by atoms with van der Waals surface area (Å²) in [6, 6.07) is 9.95. The molecule has 0 saturated carbocycles. The molecule has 2 N–H and O–H groups in total. The molecule has 1 aromatic heterocycles. The van der Waals surface area contributed by atoms with E-state index in [9.17, 15) is 4.79 Å². The lowest BCUT2D eigenvalue weighted by Crippen LogP contribution is -2.49. The molecule has 1 atom stereocenters. The standard InChI is InChI=1S/C15H18N4OS.ClH/c1-10(12-7-16-8-12)14(20)17-9-13-18-19-15(21-13)11-5-3-2-4-6-11;/h2-6,10,12,16H,7-9H2,1H3,(H,17,20);1H. The summed E-state index contributed by atoms with van der Waals surface area (Å²) in [6.45, 7) is 4.31. The number of hydrogen-bond donors (Lipinski definition) is 2. The first kappa shape index (κ1) is 16.9. The number of carbonyl (C=O) groups excluding carboxylic acids is 1. The number of benzene rings is 1. The Balaban J connectivity index is 0.00000176. The normalized spacial score (nSPS) is 15.5. The Morgan fingerprint density at radius 3 is 2.73 bits per heavy atom. The fraction of sp³-hybridized carbons (Fsp3) is 0.400. The van der Waals surface area contributed by atoms with Crippen LogP contribution < -0.4 is 10.6 Å². The minimum atomic E-state index is 0. The molecule has 0 spiro atoms. The third-order valence-electron chi connectivity index (χ3n) is 3.84. The van der Waals surface area contributed by atoms with Gasteiger partial charge in [0.05, 0.1) is 6.54 Å². The van der Waals surface area contributed by atoms with E-state index < -0.39 is 0 Å². The van der Waals surface area contributed by atoms with E-state index in [2.05, 4.69) is 20.8 Å². The molecule has 1 aliphatic heterocycles. The molecule has 1 aliphatic rings. The van der Waals surface area contributed by atoms with Gasteiger partial charge in [-0.2, -0.15) is 0 Å². The molecule has 1 aromatic carbocycles. The van der Waals surface area contributed by atoms with Gasteiger partial charge in [-0.3, -0.25) is 4.79 Å². The molecular weight excluding hydrogens is 320 g/mol. The Morgan fingerprint density at radius 1 is 1.36 bits per heavy atom. The van der Waals surface area contributed by atoms with Gasteiger partial charge in [0.15, 0.2) is 0 Å². The van der Waals surface area contributed by atoms with Crippen molar-refractivity contribution in [1.82, 2.24) is 20.8 Å². The first-order valence-corrected chi connectivity index (χ1v) is 7.92. The highest BCUT2D eigenvalue weighted by Crippen LogP contribution is 2.23. The topological polar surface area (TPSA) is 66.9 Å². The Labute approximate surface area is 139 Å². The second-order valence-corrected chi connectivity index (χ2v) is 6.35. The van der Waals surface area contributed by atoms with Gasteiger partial charge in [-0.15, -0.1) is 22.6 Å². The van der Waals surface area contributed by atoms with Crippen molar-refractivity contribution in [2.24, 2.45) is 11.8 Å². The third-order valence-corrected chi connectivity index (χ3v) is 4.81. The highest BCUT2D eigenvalue weighted by atomic mass is 35.5. The van der Waals surface area contributed by atoms with E-state index in [4.69, 9.17) is 0 Å². The average Bonchev–Trinajstić information content (AvgIpc) is 2.92. The minimum Gasteiger partial charge on any atom is -0.349 e. The molecule has 0 bridgehead atoms. The Hall–Kier alpha value is -1.50. The number of nitrogens with zero attached hydrogens (tertiary/aromatic N) is 2. The molecule has 2 aromatic rings. The van der Waals surface area contributed by atoms with Gasteiger partial charge in [-0.25, -0.2) is 0 Å². The molecule has 5 nitrogen and oxygen atoms in total. The Kier molecular flexibility index (Phi) is 5.88. The molecule has 118 valence electrons. The Morgan fingerprint density at radius 2 is 2.09 bits per heavy atom. The van der Waals surface area contributed by atoms with Crippen LogP contribution in [0.25, 0.3) is 10.6 Å². The summed E-state index contributed by atoms with van der Waals surface area (Å²) >= 11 is 1.52. The van der Waals surface area contributed by atoms with E-state index in [1.165, 1.54) is 11.3 Å². The maximum absolute atomic E-state index is 12.0. The smallest absolute Gasteiger partial charge is 0.223 e. The summed E-state index contributed by atoms with van der Waals surface area (Å²) < 4.78 is 0. The largest absolute Gasteiger partial charge is 0.349 e. The molecule has 0 radical (unpaired) electrons. The van der Waals surface area contributed by atoms with Crippen molar-refractivity contribution in [3.63, 3.8) is 0 Å². The lowest BCUT2D eigenvalue weighted by Gasteiger charge is -2.31. The maximum Gasteiger partial charge on any atom is 0.223 e. The van der Waals surface area contributed by atoms with Crippen molar-refractivity contribution < 1.29 is 4.79 Å². The van der Waals surface area contributed by atoms with Crippen molar-refractivity contribution in [3.8, 4) is 10.6 Å². The number of amides is 1. The second kappa shape index (κ2) is 7.67. The first-order valence-electron chi connectivity index (χ1n) is 7.10. The monoisotopic (exact) mass is 338 g/mol. The van der Waals surface area contributed by atoms with Crippen molar-refractivity contribution in [3.05, 3.63) is 35.3 Å². The van der Waals surface area contributed by atoms with Gasteiger partial charge in [0, 0.05) is 11.5 Å². The molecule has 3 rings (SSSR count). The fourth-order valence-electron chi connectivity index (χ4n) is 2.22. The van der Waals surface area contributed by atoms with E-state index in [1.807, 2.05) is 37.3 Å². The van der Waals surface area contributed by atoms with E-state index >= 15 is 0 Å². The first-order chi connectivity index (χ1) is 10.2. The van der Waals surface area contributed by atoms with E-state index in [1.54, 1.807) is 0 Å². The summed E-state index contributed by atoms with van der Waals surface area (Å²) in [6.07, 6.45) is 0. The molecular formula is C15H19ClN4OS. The maximum atomic E-state index is 12.0. The van der Waals surface area contributed by atoms with Crippen LogP contribution in [-0.2, 0) is 11.3 Å². The molecule has 0 aliphatic carbocycles. The highest BCUT2D eigenvalue weighted by molar-refractivity contribution is 7.14. The molecule has 1 saturated heterocycles. The SMILES string of the molecule is CC(C(=O)NCc1nnc(-c2ccccc2)s1)C1CNC1.Cl. The lowest BCUT2D eigenvalue weighted by molar-refractivity contribution is -0.126. The van der Waals surface area contributed by atoms with Gasteiger partial charge in [-0.05, 0) is 19.0 Å². The van der Waals surface area contributed by atoms with Gasteiger partial charge in [0.25, 0.3) is 0 Å². The van der Waals surface area contributed by atoms with Crippen molar-refractivity contribution >= 4 is 29.7 Å². The molecule has 7 heteroatoms. The predicted molar refractivity (Wildman–Crippen MR) is 90.0 cm³/mol. The molecule has 2 heterocycles. The fourth-order valence-corrected chi connectivity index (χ4v) is 3.01. The van der Waals surface area contributed by atoms with Gasteiger partial charge in [0.2, 0.25) is 5.91 Å². The van der Waals surface area contributed by atoms with Crippen LogP contribution in [0.1, 0.15) is 11.9 Å². The van der Waals surface area contributed by atoms with Crippen molar-refractivity contribution in [1.29, 1.82) is 0 Å². The van der Waals surface area contributed by atoms with E-state index in [0.717, 1.165) is 28.7 Å². The number of halogens is 1. The summed E-state index contributed by atoms with van der Waals surface area (Å²) in [7, 11) is 0. The van der Waals surface area contributed by atoms with Crippen LogP contribution in [0.4, 0.5) is 0 Å². The van der Waals surface area contributed by atoms with E-state index in [0.29, 0.717) is 12.5 Å². The van der Waals surface area contributed by atoms with Crippen LogP contribution in [-0.4, -0.2) is 29.2 Å². The summed E-state index contributed by atoms with van der Waals surface area (Å²) in [4.78, 5) is 12.0. The zero-order valence-corrected chi connectivity index (χ0v) is 13.9. The van der Waals surface area contributed by atoms with Gasteiger partial charge in [-0.1, -0.05) is 48.6 Å². The third kappa shape index (κ3) is 3.82. The summed E-state index contributed by atoms with van der Waals surface area (Å²) in [5.41, 5.74) is 1.06. The number of hydrogen-bond acceptors (Lipinski definition) is 5. The van der Waals surface area contributed by atoms with Crippen LogP contribution in [0.2, 0.25) is 0 Å². The molecule has 1 unspecified atom stereocenters. The molecule has 1 fully saturated rings. The zero-order valence-electron chi connectivity index (χ0n) is 12.3. The Bertz CT molecular complexity index is 615. The van der Waals surface area contributed by atoms with Crippen LogP contribution in [0.5, 0.6) is 0 Å². The zero-order chi connectivity index (χ0) is 14.7. The quantitative estimate of drug-likeness (QED) is 0.876. The summed E-state index contributed by atoms with van der Waals surface area (Å²) in [5.74, 6) is 0.602. The van der Waals surface area contributed by atoms with Gasteiger partial charge >= 0.3 is 0 Å². The lowest BCUT2D eigenvalue weighted by atomic mass is 9.88. The number of aromatic nitrogens is 2. The predicted octanol–water partition coefficient (Wildman–Crippen LogP) is 2.10. The number of nitrogens with one attached hydrogen (secondary N) is 2. The minimum absolute atomic E-state index is 0.